The molecule has 0 unspecified atom stereocenters. The van der Waals surface area contributed by atoms with Crippen LogP contribution in [-0.4, -0.2) is 25.7 Å². The monoisotopic (exact) mass is 239 g/mol. The number of anilines is 1. The number of urea groups is 1. The molecule has 0 aliphatic rings. The number of imide groups is 1. The topological polar surface area (TPSA) is 117 Å². The van der Waals surface area contributed by atoms with Gasteiger partial charge in [0, 0.05) is 6.07 Å². The van der Waals surface area contributed by atoms with E-state index in [1.807, 2.05) is 5.32 Å². The van der Waals surface area contributed by atoms with Gasteiger partial charge in [-0.15, -0.1) is 0 Å². The maximum atomic E-state index is 11.0. The molecule has 0 atom stereocenters. The Morgan fingerprint density at radius 1 is 1.41 bits per heavy atom. The van der Waals surface area contributed by atoms with Crippen LogP contribution in [0, 0.1) is 0 Å². The quantitative estimate of drug-likeness (QED) is 0.632. The number of nitrogens with one attached hydrogen (secondary N) is 1. The van der Waals surface area contributed by atoms with Crippen molar-refractivity contribution in [3.63, 3.8) is 0 Å². The van der Waals surface area contributed by atoms with Gasteiger partial charge in [-0.1, -0.05) is 0 Å². The molecule has 0 radical (unpaired) electrons. The highest BCUT2D eigenvalue weighted by Crippen LogP contribution is 2.25. The van der Waals surface area contributed by atoms with Gasteiger partial charge < -0.3 is 20.9 Å². The molecule has 0 spiro atoms. The van der Waals surface area contributed by atoms with Crippen molar-refractivity contribution < 1.29 is 19.1 Å². The van der Waals surface area contributed by atoms with Crippen molar-refractivity contribution >= 4 is 17.6 Å². The van der Waals surface area contributed by atoms with Gasteiger partial charge in [-0.3, -0.25) is 10.1 Å². The summed E-state index contributed by atoms with van der Waals surface area (Å²) in [6.45, 7) is -0.325. The third-order valence-electron chi connectivity index (χ3n) is 1.83. The minimum atomic E-state index is -0.923. The summed E-state index contributed by atoms with van der Waals surface area (Å²) in [7, 11) is 1.49. The Kier molecular flexibility index (Phi) is 4.15. The third kappa shape index (κ3) is 3.90. The van der Waals surface area contributed by atoms with Crippen molar-refractivity contribution in [2.45, 2.75) is 0 Å². The lowest BCUT2D eigenvalue weighted by molar-refractivity contribution is -0.121. The smallest absolute Gasteiger partial charge is 0.318 e. The summed E-state index contributed by atoms with van der Waals surface area (Å²) in [6.07, 6.45) is 0. The van der Waals surface area contributed by atoms with Gasteiger partial charge in [0.1, 0.15) is 11.5 Å². The molecule has 92 valence electrons. The first-order chi connectivity index (χ1) is 8.02. The number of methoxy groups -OCH3 is 1. The summed E-state index contributed by atoms with van der Waals surface area (Å²) < 4.78 is 10.1. The van der Waals surface area contributed by atoms with E-state index in [4.69, 9.17) is 20.9 Å². The summed E-state index contributed by atoms with van der Waals surface area (Å²) >= 11 is 0. The number of hydrogen-bond acceptors (Lipinski definition) is 5. The molecule has 0 bridgehead atoms. The summed E-state index contributed by atoms with van der Waals surface area (Å²) in [5.41, 5.74) is 10.8. The average molecular weight is 239 g/mol. The van der Waals surface area contributed by atoms with Crippen LogP contribution in [0.2, 0.25) is 0 Å². The van der Waals surface area contributed by atoms with Crippen molar-refractivity contribution in [3.05, 3.63) is 18.2 Å². The Labute approximate surface area is 97.7 Å². The highest BCUT2D eigenvalue weighted by atomic mass is 16.5. The van der Waals surface area contributed by atoms with Gasteiger partial charge in [-0.2, -0.15) is 0 Å². The Balaban J connectivity index is 2.55. The van der Waals surface area contributed by atoms with Crippen LogP contribution >= 0.6 is 0 Å². The molecule has 1 aromatic rings. The van der Waals surface area contributed by atoms with E-state index in [9.17, 15) is 9.59 Å². The molecule has 1 aromatic carbocycles. The molecule has 3 amide bonds. The zero-order valence-corrected chi connectivity index (χ0v) is 9.23. The minimum absolute atomic E-state index is 0.325. The Hall–Kier alpha value is -2.44. The van der Waals surface area contributed by atoms with Gasteiger partial charge in [0.25, 0.3) is 5.91 Å². The Morgan fingerprint density at radius 2 is 2.12 bits per heavy atom. The van der Waals surface area contributed by atoms with Crippen LogP contribution in [-0.2, 0) is 4.79 Å². The van der Waals surface area contributed by atoms with Gasteiger partial charge in [0.15, 0.2) is 6.61 Å². The third-order valence-corrected chi connectivity index (χ3v) is 1.83. The minimum Gasteiger partial charge on any atom is -0.495 e. The molecule has 1 rings (SSSR count). The standard InChI is InChI=1S/C10H13N3O4/c1-16-8-3-2-6(4-7(8)11)17-5-9(14)13-10(12)15/h2-4H,5,11H2,1H3,(H3,12,13,14,15). The number of carbonyl (C=O) groups is 2. The highest BCUT2D eigenvalue weighted by Gasteiger charge is 2.06. The first-order valence-corrected chi connectivity index (χ1v) is 4.68. The van der Waals surface area contributed by atoms with Crippen LogP contribution in [0.25, 0.3) is 0 Å². The first-order valence-electron chi connectivity index (χ1n) is 4.68. The van der Waals surface area contributed by atoms with Crippen molar-refractivity contribution in [1.29, 1.82) is 0 Å². The molecule has 0 heterocycles. The second kappa shape index (κ2) is 5.59. The second-order valence-electron chi connectivity index (χ2n) is 3.10. The summed E-state index contributed by atoms with van der Waals surface area (Å²) in [5, 5.41) is 1.87. The number of benzene rings is 1. The molecule has 0 fully saturated rings. The fraction of sp³-hybridized carbons (Fsp3) is 0.200. The van der Waals surface area contributed by atoms with Crippen molar-refractivity contribution in [1.82, 2.24) is 5.32 Å². The molecule has 0 aliphatic heterocycles. The van der Waals surface area contributed by atoms with Crippen molar-refractivity contribution in [2.75, 3.05) is 19.5 Å². The SMILES string of the molecule is COc1ccc(OCC(=O)NC(N)=O)cc1N. The normalized spacial score (nSPS) is 9.47. The van der Waals surface area contributed by atoms with E-state index in [2.05, 4.69) is 0 Å². The number of hydrogen-bond donors (Lipinski definition) is 3. The van der Waals surface area contributed by atoms with Gasteiger partial charge in [0.2, 0.25) is 0 Å². The molecule has 7 heteroatoms. The number of nitrogen functional groups attached to an aromatic ring is 1. The van der Waals surface area contributed by atoms with Gasteiger partial charge in [0.05, 0.1) is 12.8 Å². The fourth-order valence-corrected chi connectivity index (χ4v) is 1.12. The van der Waals surface area contributed by atoms with Crippen LogP contribution in [0.5, 0.6) is 11.5 Å². The lowest BCUT2D eigenvalue weighted by Gasteiger charge is -2.08. The van der Waals surface area contributed by atoms with E-state index >= 15 is 0 Å². The predicted octanol–water partition coefficient (Wildman–Crippen LogP) is -0.149. The number of primary amides is 1. The number of carbonyl (C=O) groups excluding carboxylic acids is 2. The molecule has 0 saturated heterocycles. The Bertz CT molecular complexity index is 434. The maximum Gasteiger partial charge on any atom is 0.318 e. The summed E-state index contributed by atoms with van der Waals surface area (Å²) in [6, 6.07) is 3.78. The van der Waals surface area contributed by atoms with E-state index in [1.54, 1.807) is 12.1 Å². The second-order valence-corrected chi connectivity index (χ2v) is 3.10. The van der Waals surface area contributed by atoms with Crippen molar-refractivity contribution in [3.8, 4) is 11.5 Å². The molecule has 7 nitrogen and oxygen atoms in total. The van der Waals surface area contributed by atoms with Gasteiger partial charge in [-0.25, -0.2) is 4.79 Å². The van der Waals surface area contributed by atoms with Crippen molar-refractivity contribution in [2.24, 2.45) is 5.73 Å². The average Bonchev–Trinajstić information content (AvgIpc) is 2.25. The lowest BCUT2D eigenvalue weighted by Crippen LogP contribution is -2.38. The molecule has 5 N–H and O–H groups in total. The van der Waals surface area contributed by atoms with E-state index in [1.165, 1.54) is 13.2 Å². The van der Waals surface area contributed by atoms with Crippen LogP contribution in [0.1, 0.15) is 0 Å². The predicted molar refractivity (Wildman–Crippen MR) is 60.6 cm³/mol. The fourth-order valence-electron chi connectivity index (χ4n) is 1.12. The van der Waals surface area contributed by atoms with E-state index in [0.29, 0.717) is 17.2 Å². The molecule has 0 aromatic heterocycles. The molecular weight excluding hydrogens is 226 g/mol. The highest BCUT2D eigenvalue weighted by molar-refractivity contribution is 5.94. The van der Waals surface area contributed by atoms with Crippen LogP contribution < -0.4 is 26.3 Å². The maximum absolute atomic E-state index is 11.0. The summed E-state index contributed by atoms with van der Waals surface area (Å²) in [4.78, 5) is 21.4. The number of nitrogens with two attached hydrogens (primary N) is 2. The Morgan fingerprint density at radius 3 is 2.65 bits per heavy atom. The number of ether oxygens (including phenoxy) is 2. The largest absolute Gasteiger partial charge is 0.495 e. The van der Waals surface area contributed by atoms with Crippen LogP contribution in [0.3, 0.4) is 0 Å². The number of amides is 3. The molecule has 0 aliphatic carbocycles. The van der Waals surface area contributed by atoms with E-state index in [-0.39, 0.29) is 6.61 Å². The molecular formula is C10H13N3O4. The number of rotatable bonds is 4. The van der Waals surface area contributed by atoms with Crippen LogP contribution in [0.15, 0.2) is 18.2 Å². The summed E-state index contributed by atoms with van der Waals surface area (Å²) in [5.74, 6) is 0.272. The van der Waals surface area contributed by atoms with Crippen LogP contribution in [0.4, 0.5) is 10.5 Å². The van der Waals surface area contributed by atoms with E-state index < -0.39 is 11.9 Å². The first kappa shape index (κ1) is 12.6. The zero-order valence-electron chi connectivity index (χ0n) is 9.23. The lowest BCUT2D eigenvalue weighted by atomic mass is 10.3. The zero-order chi connectivity index (χ0) is 12.8. The van der Waals surface area contributed by atoms with Gasteiger partial charge >= 0.3 is 6.03 Å². The van der Waals surface area contributed by atoms with E-state index in [0.717, 1.165) is 0 Å². The molecule has 17 heavy (non-hydrogen) atoms. The molecule has 0 saturated carbocycles. The van der Waals surface area contributed by atoms with Gasteiger partial charge in [-0.05, 0) is 12.1 Å².